The van der Waals surface area contributed by atoms with E-state index in [0.29, 0.717) is 24.5 Å². The summed E-state index contributed by atoms with van der Waals surface area (Å²) >= 11 is 0. The van der Waals surface area contributed by atoms with Crippen LogP contribution in [0.15, 0.2) is 63.9 Å². The Kier molecular flexibility index (Phi) is 4.80. The van der Waals surface area contributed by atoms with E-state index in [4.69, 9.17) is 0 Å². The smallest absolute Gasteiger partial charge is 0.285 e. The number of anilines is 1. The lowest BCUT2D eigenvalue weighted by atomic mass is 10.2. The lowest BCUT2D eigenvalue weighted by Crippen LogP contribution is -2.51. The van der Waals surface area contributed by atoms with Crippen molar-refractivity contribution in [2.45, 2.75) is 4.90 Å². The van der Waals surface area contributed by atoms with Gasteiger partial charge in [0.25, 0.3) is 10.0 Å². The number of rotatable bonds is 3. The predicted molar refractivity (Wildman–Crippen MR) is 108 cm³/mol. The average Bonchev–Trinajstić information content (AvgIpc) is 3.00. The minimum Gasteiger partial charge on any atom is -0.368 e. The van der Waals surface area contributed by atoms with Crippen LogP contribution in [0.2, 0.25) is 0 Å². The molecule has 1 saturated heterocycles. The van der Waals surface area contributed by atoms with Crippen molar-refractivity contribution < 1.29 is 13.2 Å². The molecule has 28 heavy (non-hydrogen) atoms. The molecule has 0 saturated carbocycles. The van der Waals surface area contributed by atoms with Crippen LogP contribution in [-0.2, 0) is 14.8 Å². The van der Waals surface area contributed by atoms with Crippen molar-refractivity contribution >= 4 is 27.5 Å². The quantitative estimate of drug-likeness (QED) is 0.782. The summed E-state index contributed by atoms with van der Waals surface area (Å²) in [6, 6.07) is 16.9. The van der Waals surface area contributed by atoms with Crippen LogP contribution in [0.25, 0.3) is 0 Å². The predicted octanol–water partition coefficient (Wildman–Crippen LogP) is 1.42. The molecule has 0 bridgehead atoms. The molecule has 0 aliphatic carbocycles. The highest BCUT2D eigenvalue weighted by Crippen LogP contribution is 2.27. The van der Waals surface area contributed by atoms with Gasteiger partial charge < -0.3 is 14.7 Å². The van der Waals surface area contributed by atoms with Crippen molar-refractivity contribution in [3.8, 4) is 0 Å². The molecule has 7 nitrogen and oxygen atoms in total. The van der Waals surface area contributed by atoms with Gasteiger partial charge in [-0.3, -0.25) is 4.79 Å². The number of benzene rings is 2. The molecule has 4 rings (SSSR count). The summed E-state index contributed by atoms with van der Waals surface area (Å²) in [7, 11) is -1.98. The summed E-state index contributed by atoms with van der Waals surface area (Å²) in [5, 5.41) is 0. The Bertz CT molecular complexity index is 1010. The average molecular weight is 398 g/mol. The second-order valence-electron chi connectivity index (χ2n) is 6.95. The Morgan fingerprint density at radius 1 is 1.00 bits per heavy atom. The first-order valence-corrected chi connectivity index (χ1v) is 10.6. The van der Waals surface area contributed by atoms with Gasteiger partial charge in [-0.1, -0.05) is 30.3 Å². The first-order valence-electron chi connectivity index (χ1n) is 9.19. The van der Waals surface area contributed by atoms with Gasteiger partial charge in [-0.05, 0) is 24.3 Å². The van der Waals surface area contributed by atoms with Gasteiger partial charge in [0.1, 0.15) is 4.90 Å². The van der Waals surface area contributed by atoms with Crippen molar-refractivity contribution in [2.24, 2.45) is 4.40 Å². The number of piperazine rings is 1. The van der Waals surface area contributed by atoms with E-state index in [9.17, 15) is 13.2 Å². The number of amidine groups is 1. The van der Waals surface area contributed by atoms with E-state index in [-0.39, 0.29) is 17.3 Å². The van der Waals surface area contributed by atoms with Crippen LogP contribution < -0.4 is 4.90 Å². The maximum atomic E-state index is 12.7. The Balaban J connectivity index is 1.40. The molecule has 146 valence electrons. The van der Waals surface area contributed by atoms with Crippen LogP contribution in [0.4, 0.5) is 5.69 Å². The first-order chi connectivity index (χ1) is 13.5. The molecule has 2 aromatic carbocycles. The van der Waals surface area contributed by atoms with Crippen LogP contribution >= 0.6 is 0 Å². The molecule has 0 aromatic heterocycles. The highest BCUT2D eigenvalue weighted by molar-refractivity contribution is 7.90. The zero-order valence-corrected chi connectivity index (χ0v) is 16.5. The number of carbonyl (C=O) groups is 1. The SMILES string of the molecule is CN(CC(=O)N1CCN(c2ccccc2)CC1)C1=NS(=O)(=O)c2ccccc21. The van der Waals surface area contributed by atoms with E-state index >= 15 is 0 Å². The van der Waals surface area contributed by atoms with Crippen LogP contribution in [-0.4, -0.2) is 69.7 Å². The van der Waals surface area contributed by atoms with Gasteiger partial charge in [0.15, 0.2) is 5.84 Å². The second-order valence-corrected chi connectivity index (χ2v) is 8.52. The second kappa shape index (κ2) is 7.27. The first kappa shape index (κ1) is 18.5. The normalized spacial score (nSPS) is 17.8. The van der Waals surface area contributed by atoms with E-state index in [2.05, 4.69) is 21.4 Å². The molecular formula is C20H22N4O3S. The van der Waals surface area contributed by atoms with Crippen LogP contribution in [0.1, 0.15) is 5.56 Å². The van der Waals surface area contributed by atoms with Gasteiger partial charge in [-0.15, -0.1) is 4.40 Å². The lowest BCUT2D eigenvalue weighted by Gasteiger charge is -2.36. The summed E-state index contributed by atoms with van der Waals surface area (Å²) in [4.78, 5) is 18.6. The molecule has 0 radical (unpaired) electrons. The molecule has 8 heteroatoms. The molecule has 2 heterocycles. The number of amides is 1. The van der Waals surface area contributed by atoms with E-state index in [1.807, 2.05) is 23.1 Å². The highest BCUT2D eigenvalue weighted by Gasteiger charge is 2.31. The van der Waals surface area contributed by atoms with Gasteiger partial charge in [0, 0.05) is 44.5 Å². The number of hydrogen-bond donors (Lipinski definition) is 0. The van der Waals surface area contributed by atoms with Crippen LogP contribution in [0, 0.1) is 0 Å². The number of likely N-dealkylation sites (N-methyl/N-ethyl adjacent to an activating group) is 1. The monoisotopic (exact) mass is 398 g/mol. The molecule has 1 amide bonds. The largest absolute Gasteiger partial charge is 0.368 e. The fourth-order valence-electron chi connectivity index (χ4n) is 3.59. The number of carbonyl (C=O) groups excluding carboxylic acids is 1. The Hall–Kier alpha value is -2.87. The Morgan fingerprint density at radius 2 is 1.64 bits per heavy atom. The molecule has 0 spiro atoms. The third-order valence-corrected chi connectivity index (χ3v) is 6.43. The van der Waals surface area contributed by atoms with E-state index < -0.39 is 10.0 Å². The Morgan fingerprint density at radius 3 is 2.36 bits per heavy atom. The van der Waals surface area contributed by atoms with Crippen molar-refractivity contribution in [2.75, 3.05) is 44.7 Å². The van der Waals surface area contributed by atoms with E-state index in [0.717, 1.165) is 18.8 Å². The molecule has 0 N–H and O–H groups in total. The van der Waals surface area contributed by atoms with E-state index in [1.54, 1.807) is 36.2 Å². The van der Waals surface area contributed by atoms with Crippen molar-refractivity contribution in [3.05, 3.63) is 60.2 Å². The number of para-hydroxylation sites is 1. The fraction of sp³-hybridized carbons (Fsp3) is 0.300. The maximum Gasteiger partial charge on any atom is 0.285 e. The minimum absolute atomic E-state index is 0.0281. The van der Waals surface area contributed by atoms with Gasteiger partial charge in [0.05, 0.1) is 6.54 Å². The lowest BCUT2D eigenvalue weighted by molar-refractivity contribution is -0.131. The van der Waals surface area contributed by atoms with Gasteiger partial charge in [-0.2, -0.15) is 8.42 Å². The van der Waals surface area contributed by atoms with Gasteiger partial charge >= 0.3 is 0 Å². The standard InChI is InChI=1S/C20H22N4O3S/c1-22(20-17-9-5-6-10-18(17)28(26,27)21-20)15-19(25)24-13-11-23(12-14-24)16-7-3-2-4-8-16/h2-10H,11-15H2,1H3. The third kappa shape index (κ3) is 3.47. The summed E-state index contributed by atoms with van der Waals surface area (Å²) in [5.41, 5.74) is 1.71. The zero-order valence-electron chi connectivity index (χ0n) is 15.7. The summed E-state index contributed by atoms with van der Waals surface area (Å²) < 4.78 is 28.3. The summed E-state index contributed by atoms with van der Waals surface area (Å²) in [6.07, 6.45) is 0. The molecule has 0 atom stereocenters. The third-order valence-electron chi connectivity index (χ3n) is 5.10. The molecule has 2 aliphatic rings. The fourth-order valence-corrected chi connectivity index (χ4v) is 4.85. The topological polar surface area (TPSA) is 73.3 Å². The summed E-state index contributed by atoms with van der Waals surface area (Å²) in [6.45, 7) is 2.93. The van der Waals surface area contributed by atoms with Crippen LogP contribution in [0.5, 0.6) is 0 Å². The van der Waals surface area contributed by atoms with Crippen molar-refractivity contribution in [3.63, 3.8) is 0 Å². The van der Waals surface area contributed by atoms with Crippen molar-refractivity contribution in [1.29, 1.82) is 0 Å². The molecular weight excluding hydrogens is 376 g/mol. The van der Waals surface area contributed by atoms with E-state index in [1.165, 1.54) is 0 Å². The minimum atomic E-state index is -3.68. The number of nitrogens with zero attached hydrogens (tertiary/aromatic N) is 4. The van der Waals surface area contributed by atoms with Crippen LogP contribution in [0.3, 0.4) is 0 Å². The number of fused-ring (bicyclic) bond motifs is 1. The molecule has 2 aromatic rings. The molecule has 1 fully saturated rings. The highest BCUT2D eigenvalue weighted by atomic mass is 32.2. The van der Waals surface area contributed by atoms with Crippen molar-refractivity contribution in [1.82, 2.24) is 9.80 Å². The van der Waals surface area contributed by atoms with Gasteiger partial charge in [0.2, 0.25) is 5.91 Å². The Labute approximate surface area is 164 Å². The summed E-state index contributed by atoms with van der Waals surface area (Å²) in [5.74, 6) is 0.298. The molecule has 0 unspecified atom stereocenters. The number of sulfonamides is 1. The number of hydrogen-bond acceptors (Lipinski definition) is 5. The maximum absolute atomic E-state index is 12.7. The zero-order chi connectivity index (χ0) is 19.7. The van der Waals surface area contributed by atoms with Gasteiger partial charge in [-0.25, -0.2) is 0 Å². The molecule has 2 aliphatic heterocycles.